The van der Waals surface area contributed by atoms with E-state index in [0.717, 1.165) is 0 Å². The van der Waals surface area contributed by atoms with Gasteiger partial charge >= 0.3 is 5.97 Å². The van der Waals surface area contributed by atoms with Gasteiger partial charge in [-0.05, 0) is 18.2 Å². The van der Waals surface area contributed by atoms with Crippen LogP contribution in [-0.4, -0.2) is 38.1 Å². The Labute approximate surface area is 112 Å². The third kappa shape index (κ3) is 5.87. The molecule has 0 saturated heterocycles. The molecule has 0 aromatic carbocycles. The van der Waals surface area contributed by atoms with E-state index in [2.05, 4.69) is 10.2 Å². The van der Waals surface area contributed by atoms with Crippen molar-refractivity contribution in [2.45, 2.75) is 12.8 Å². The van der Waals surface area contributed by atoms with Crippen molar-refractivity contribution in [3.8, 4) is 0 Å². The SMILES string of the molecule is COC(=O)CCc1ccc(/C=C/C(=O)NN(C)C)o1. The predicted molar refractivity (Wildman–Crippen MR) is 69.9 cm³/mol. The second-order valence-electron chi connectivity index (χ2n) is 4.08. The van der Waals surface area contributed by atoms with Gasteiger partial charge in [0.25, 0.3) is 5.91 Å². The lowest BCUT2D eigenvalue weighted by molar-refractivity contribution is -0.140. The van der Waals surface area contributed by atoms with E-state index in [1.165, 1.54) is 13.2 Å². The van der Waals surface area contributed by atoms with Gasteiger partial charge < -0.3 is 9.15 Å². The van der Waals surface area contributed by atoms with Gasteiger partial charge in [-0.15, -0.1) is 0 Å². The lowest BCUT2D eigenvalue weighted by Gasteiger charge is -2.08. The highest BCUT2D eigenvalue weighted by Crippen LogP contribution is 2.11. The number of hydrazine groups is 1. The molecule has 104 valence electrons. The molecule has 6 heteroatoms. The minimum absolute atomic E-state index is 0.238. The highest BCUT2D eigenvalue weighted by Gasteiger charge is 2.05. The summed E-state index contributed by atoms with van der Waals surface area (Å²) in [4.78, 5) is 22.3. The molecule has 6 nitrogen and oxygen atoms in total. The van der Waals surface area contributed by atoms with Gasteiger partial charge in [0.1, 0.15) is 11.5 Å². The predicted octanol–water partition coefficient (Wildman–Crippen LogP) is 0.991. The molecular weight excluding hydrogens is 248 g/mol. The van der Waals surface area contributed by atoms with E-state index in [1.54, 1.807) is 37.3 Å². The zero-order valence-corrected chi connectivity index (χ0v) is 11.3. The molecule has 1 rings (SSSR count). The average molecular weight is 266 g/mol. The topological polar surface area (TPSA) is 71.8 Å². The second-order valence-corrected chi connectivity index (χ2v) is 4.08. The van der Waals surface area contributed by atoms with E-state index in [1.807, 2.05) is 0 Å². The first-order chi connectivity index (χ1) is 9.01. The Kier molecular flexibility index (Phi) is 5.81. The monoisotopic (exact) mass is 266 g/mol. The highest BCUT2D eigenvalue weighted by atomic mass is 16.5. The van der Waals surface area contributed by atoms with Crippen LogP contribution in [0.2, 0.25) is 0 Å². The minimum Gasteiger partial charge on any atom is -0.469 e. The van der Waals surface area contributed by atoms with Crippen LogP contribution in [0.15, 0.2) is 22.6 Å². The summed E-state index contributed by atoms with van der Waals surface area (Å²) in [6.07, 6.45) is 3.70. The number of rotatable bonds is 6. The zero-order chi connectivity index (χ0) is 14.3. The van der Waals surface area contributed by atoms with E-state index in [-0.39, 0.29) is 18.3 Å². The van der Waals surface area contributed by atoms with Gasteiger partial charge in [0, 0.05) is 26.6 Å². The molecule has 0 bridgehead atoms. The molecule has 0 aliphatic carbocycles. The van der Waals surface area contributed by atoms with E-state index in [0.29, 0.717) is 17.9 Å². The van der Waals surface area contributed by atoms with Gasteiger partial charge in [-0.2, -0.15) is 0 Å². The van der Waals surface area contributed by atoms with E-state index in [9.17, 15) is 9.59 Å². The number of esters is 1. The fourth-order valence-electron chi connectivity index (χ4n) is 1.36. The van der Waals surface area contributed by atoms with Gasteiger partial charge in [0.15, 0.2) is 0 Å². The van der Waals surface area contributed by atoms with Crippen molar-refractivity contribution in [1.82, 2.24) is 10.4 Å². The number of carbonyl (C=O) groups excluding carboxylic acids is 2. The Morgan fingerprint density at radius 2 is 2.16 bits per heavy atom. The first kappa shape index (κ1) is 15.0. The summed E-state index contributed by atoms with van der Waals surface area (Å²) in [5.41, 5.74) is 2.57. The number of carbonyl (C=O) groups is 2. The van der Waals surface area contributed by atoms with Crippen molar-refractivity contribution in [2.75, 3.05) is 21.2 Å². The molecule has 0 spiro atoms. The normalized spacial score (nSPS) is 10.9. The molecule has 1 heterocycles. The summed E-state index contributed by atoms with van der Waals surface area (Å²) in [7, 11) is 4.80. The highest BCUT2D eigenvalue weighted by molar-refractivity contribution is 5.90. The van der Waals surface area contributed by atoms with Crippen molar-refractivity contribution in [3.05, 3.63) is 29.7 Å². The number of amides is 1. The van der Waals surface area contributed by atoms with Crippen molar-refractivity contribution in [3.63, 3.8) is 0 Å². The number of methoxy groups -OCH3 is 1. The lowest BCUT2D eigenvalue weighted by Crippen LogP contribution is -2.34. The Morgan fingerprint density at radius 1 is 1.42 bits per heavy atom. The fourth-order valence-corrected chi connectivity index (χ4v) is 1.36. The standard InChI is InChI=1S/C13H18N2O4/c1-15(2)14-12(16)8-6-10-4-5-11(19-10)7-9-13(17)18-3/h4-6,8H,7,9H2,1-3H3,(H,14,16)/b8-6+. The number of nitrogens with zero attached hydrogens (tertiary/aromatic N) is 1. The van der Waals surface area contributed by atoms with Gasteiger partial charge in [-0.25, -0.2) is 5.01 Å². The Balaban J connectivity index is 2.48. The zero-order valence-electron chi connectivity index (χ0n) is 11.3. The van der Waals surface area contributed by atoms with Gasteiger partial charge in [0.05, 0.1) is 13.5 Å². The summed E-state index contributed by atoms with van der Waals surface area (Å²) < 4.78 is 9.99. The molecule has 0 radical (unpaired) electrons. The van der Waals surface area contributed by atoms with Crippen LogP contribution in [0.25, 0.3) is 6.08 Å². The van der Waals surface area contributed by atoms with E-state index < -0.39 is 0 Å². The van der Waals surface area contributed by atoms with Gasteiger partial charge in [-0.3, -0.25) is 15.0 Å². The molecule has 1 N–H and O–H groups in total. The number of furan rings is 1. The van der Waals surface area contributed by atoms with Crippen molar-refractivity contribution in [1.29, 1.82) is 0 Å². The molecular formula is C13H18N2O4. The van der Waals surface area contributed by atoms with Crippen molar-refractivity contribution >= 4 is 18.0 Å². The fraction of sp³-hybridized carbons (Fsp3) is 0.385. The average Bonchev–Trinajstić information content (AvgIpc) is 2.80. The van der Waals surface area contributed by atoms with Crippen LogP contribution in [0.5, 0.6) is 0 Å². The lowest BCUT2D eigenvalue weighted by atomic mass is 10.2. The molecule has 0 atom stereocenters. The first-order valence-electron chi connectivity index (χ1n) is 5.83. The smallest absolute Gasteiger partial charge is 0.305 e. The third-order valence-electron chi connectivity index (χ3n) is 2.22. The van der Waals surface area contributed by atoms with Crippen LogP contribution in [0.1, 0.15) is 17.9 Å². The largest absolute Gasteiger partial charge is 0.469 e. The number of hydrogen-bond donors (Lipinski definition) is 1. The quantitative estimate of drug-likeness (QED) is 0.472. The summed E-state index contributed by atoms with van der Waals surface area (Å²) in [6.45, 7) is 0. The maximum atomic E-state index is 11.3. The molecule has 0 aliphatic heterocycles. The second kappa shape index (κ2) is 7.38. The van der Waals surface area contributed by atoms with Crippen LogP contribution in [0.4, 0.5) is 0 Å². The number of hydrogen-bond acceptors (Lipinski definition) is 5. The third-order valence-corrected chi connectivity index (χ3v) is 2.22. The van der Waals surface area contributed by atoms with Crippen molar-refractivity contribution in [2.24, 2.45) is 0 Å². The summed E-state index contributed by atoms with van der Waals surface area (Å²) in [6, 6.07) is 3.51. The summed E-state index contributed by atoms with van der Waals surface area (Å²) in [5.74, 6) is 0.725. The van der Waals surface area contributed by atoms with Crippen LogP contribution in [0, 0.1) is 0 Å². The van der Waals surface area contributed by atoms with Crippen molar-refractivity contribution < 1.29 is 18.7 Å². The van der Waals surface area contributed by atoms with Crippen LogP contribution < -0.4 is 5.43 Å². The maximum absolute atomic E-state index is 11.3. The van der Waals surface area contributed by atoms with Gasteiger partial charge in [-0.1, -0.05) is 0 Å². The number of nitrogens with one attached hydrogen (secondary N) is 1. The summed E-state index contributed by atoms with van der Waals surface area (Å²) >= 11 is 0. The van der Waals surface area contributed by atoms with Crippen LogP contribution in [0.3, 0.4) is 0 Å². The maximum Gasteiger partial charge on any atom is 0.305 e. The van der Waals surface area contributed by atoms with Crippen LogP contribution >= 0.6 is 0 Å². The number of ether oxygens (including phenoxy) is 1. The van der Waals surface area contributed by atoms with Gasteiger partial charge in [0.2, 0.25) is 0 Å². The Morgan fingerprint density at radius 3 is 2.79 bits per heavy atom. The molecule has 1 aromatic heterocycles. The molecule has 19 heavy (non-hydrogen) atoms. The molecule has 0 saturated carbocycles. The Bertz CT molecular complexity index is 463. The molecule has 0 aliphatic rings. The molecule has 1 aromatic rings. The number of aryl methyl sites for hydroxylation is 1. The van der Waals surface area contributed by atoms with E-state index in [4.69, 9.17) is 4.42 Å². The minimum atomic E-state index is -0.279. The molecule has 1 amide bonds. The van der Waals surface area contributed by atoms with E-state index >= 15 is 0 Å². The Hall–Kier alpha value is -2.08. The summed E-state index contributed by atoms with van der Waals surface area (Å²) in [5, 5.41) is 1.55. The van der Waals surface area contributed by atoms with Crippen LogP contribution in [-0.2, 0) is 20.7 Å². The first-order valence-corrected chi connectivity index (χ1v) is 5.83. The molecule has 0 unspecified atom stereocenters. The molecule has 0 fully saturated rings.